The molecule has 3 N–H and O–H groups in total. The van der Waals surface area contributed by atoms with E-state index >= 15 is 0 Å². The highest BCUT2D eigenvalue weighted by molar-refractivity contribution is 5.79. The Kier molecular flexibility index (Phi) is 7.42. The zero-order chi connectivity index (χ0) is 19.9. The Morgan fingerprint density at radius 1 is 1.26 bits per heavy atom. The summed E-state index contributed by atoms with van der Waals surface area (Å²) in [4.78, 5) is 4.58. The highest BCUT2D eigenvalue weighted by atomic mass is 16.3. The number of guanidine groups is 1. The van der Waals surface area contributed by atoms with Gasteiger partial charge in [0, 0.05) is 25.3 Å². The molecule has 27 heavy (non-hydrogen) atoms. The van der Waals surface area contributed by atoms with Crippen LogP contribution in [0.4, 0.5) is 0 Å². The summed E-state index contributed by atoms with van der Waals surface area (Å²) >= 11 is 0. The molecule has 6 heteroatoms. The summed E-state index contributed by atoms with van der Waals surface area (Å²) in [5.41, 5.74) is 2.09. The summed E-state index contributed by atoms with van der Waals surface area (Å²) < 4.78 is 2.05. The molecule has 0 radical (unpaired) electrons. The van der Waals surface area contributed by atoms with Crippen molar-refractivity contribution in [2.75, 3.05) is 19.6 Å². The van der Waals surface area contributed by atoms with Gasteiger partial charge in [0.05, 0.1) is 12.2 Å². The maximum atomic E-state index is 10.7. The summed E-state index contributed by atoms with van der Waals surface area (Å²) in [7, 11) is 0. The largest absolute Gasteiger partial charge is 0.384 e. The van der Waals surface area contributed by atoms with Crippen LogP contribution in [0.5, 0.6) is 0 Å². The molecule has 1 aromatic heterocycles. The second kappa shape index (κ2) is 9.55. The summed E-state index contributed by atoms with van der Waals surface area (Å²) in [6, 6.07) is 11.7. The topological polar surface area (TPSA) is 74.5 Å². The molecule has 0 spiro atoms. The predicted octanol–water partition coefficient (Wildman–Crippen LogP) is 2.60. The minimum absolute atomic E-state index is 0.290. The number of benzene rings is 1. The molecule has 2 aromatic rings. The van der Waals surface area contributed by atoms with Gasteiger partial charge in [-0.2, -0.15) is 5.10 Å². The molecule has 6 nitrogen and oxygen atoms in total. The van der Waals surface area contributed by atoms with E-state index in [0.717, 1.165) is 30.9 Å². The van der Waals surface area contributed by atoms with Gasteiger partial charge in [0.1, 0.15) is 5.60 Å². The maximum absolute atomic E-state index is 10.7. The molecule has 0 aliphatic carbocycles. The first-order valence-corrected chi connectivity index (χ1v) is 9.63. The maximum Gasteiger partial charge on any atom is 0.191 e. The van der Waals surface area contributed by atoms with Gasteiger partial charge in [-0.3, -0.25) is 4.68 Å². The molecule has 2 rings (SSSR count). The molecule has 0 saturated heterocycles. The molecule has 2 unspecified atom stereocenters. The van der Waals surface area contributed by atoms with Crippen molar-refractivity contribution in [3.8, 4) is 0 Å². The first kappa shape index (κ1) is 21.0. The van der Waals surface area contributed by atoms with Crippen LogP contribution in [-0.4, -0.2) is 40.5 Å². The van der Waals surface area contributed by atoms with E-state index in [0.29, 0.717) is 11.9 Å². The van der Waals surface area contributed by atoms with Gasteiger partial charge in [0.2, 0.25) is 0 Å². The molecule has 0 saturated carbocycles. The van der Waals surface area contributed by atoms with Crippen LogP contribution >= 0.6 is 0 Å². The fraction of sp³-hybridized carbons (Fsp3) is 0.524. The highest BCUT2D eigenvalue weighted by Crippen LogP contribution is 2.20. The number of aryl methyl sites for hydroxylation is 2. The quantitative estimate of drug-likeness (QED) is 0.493. The van der Waals surface area contributed by atoms with Gasteiger partial charge < -0.3 is 15.7 Å². The lowest BCUT2D eigenvalue weighted by Crippen LogP contribution is -2.41. The third-order valence-corrected chi connectivity index (χ3v) is 4.49. The van der Waals surface area contributed by atoms with Gasteiger partial charge >= 0.3 is 0 Å². The number of rotatable bonds is 8. The summed E-state index contributed by atoms with van der Waals surface area (Å²) in [6.45, 7) is 12.8. The zero-order valence-electron chi connectivity index (χ0n) is 17.2. The monoisotopic (exact) mass is 371 g/mol. The van der Waals surface area contributed by atoms with Crippen molar-refractivity contribution in [1.82, 2.24) is 20.4 Å². The average molecular weight is 372 g/mol. The molecule has 0 bridgehead atoms. The van der Waals surface area contributed by atoms with Crippen molar-refractivity contribution in [2.45, 2.75) is 46.8 Å². The Hall–Kier alpha value is -2.34. The van der Waals surface area contributed by atoms with Crippen LogP contribution in [-0.2, 0) is 12.1 Å². The number of aliphatic hydroxyl groups is 1. The Bertz CT molecular complexity index is 736. The highest BCUT2D eigenvalue weighted by Gasteiger charge is 2.22. The molecule has 1 heterocycles. The first-order chi connectivity index (χ1) is 12.8. The fourth-order valence-corrected chi connectivity index (χ4v) is 2.95. The first-order valence-electron chi connectivity index (χ1n) is 9.63. The van der Waals surface area contributed by atoms with E-state index in [1.807, 2.05) is 48.9 Å². The van der Waals surface area contributed by atoms with Crippen LogP contribution in [0.3, 0.4) is 0 Å². The van der Waals surface area contributed by atoms with E-state index in [9.17, 15) is 5.11 Å². The second-order valence-electron chi connectivity index (χ2n) is 7.43. The Morgan fingerprint density at radius 2 is 1.96 bits per heavy atom. The molecule has 0 amide bonds. The van der Waals surface area contributed by atoms with Crippen LogP contribution in [0.25, 0.3) is 0 Å². The molecule has 0 aliphatic heterocycles. The number of aromatic nitrogens is 2. The van der Waals surface area contributed by atoms with Gasteiger partial charge in [-0.15, -0.1) is 0 Å². The lowest BCUT2D eigenvalue weighted by molar-refractivity contribution is 0.0672. The smallest absolute Gasteiger partial charge is 0.191 e. The lowest BCUT2D eigenvalue weighted by atomic mass is 9.96. The molecular formula is C21H33N5O. The van der Waals surface area contributed by atoms with Crippen molar-refractivity contribution in [1.29, 1.82) is 0 Å². The molecule has 2 atom stereocenters. The zero-order valence-corrected chi connectivity index (χ0v) is 17.2. The Morgan fingerprint density at radius 3 is 2.56 bits per heavy atom. The number of hydrogen-bond donors (Lipinski definition) is 3. The Balaban J connectivity index is 1.94. The lowest BCUT2D eigenvalue weighted by Gasteiger charge is -2.23. The molecule has 0 fully saturated rings. The van der Waals surface area contributed by atoms with Gasteiger partial charge in [0.25, 0.3) is 0 Å². The van der Waals surface area contributed by atoms with Gasteiger partial charge in [-0.1, -0.05) is 37.3 Å². The van der Waals surface area contributed by atoms with Gasteiger partial charge in [-0.25, -0.2) is 4.99 Å². The number of hydrogen-bond acceptors (Lipinski definition) is 3. The van der Waals surface area contributed by atoms with Crippen LogP contribution in [0.15, 0.2) is 41.4 Å². The third-order valence-electron chi connectivity index (χ3n) is 4.49. The van der Waals surface area contributed by atoms with E-state index in [-0.39, 0.29) is 6.54 Å². The summed E-state index contributed by atoms with van der Waals surface area (Å²) in [5.74, 6) is 1.11. The summed E-state index contributed by atoms with van der Waals surface area (Å²) in [6.07, 6.45) is 0. The molecule has 0 aliphatic rings. The van der Waals surface area contributed by atoms with E-state index < -0.39 is 5.60 Å². The van der Waals surface area contributed by atoms with E-state index in [1.54, 1.807) is 6.92 Å². The molecular weight excluding hydrogens is 338 g/mol. The fourth-order valence-electron chi connectivity index (χ4n) is 2.95. The molecule has 1 aromatic carbocycles. The number of aliphatic imine (C=N–C) groups is 1. The van der Waals surface area contributed by atoms with Gasteiger partial charge in [-0.05, 0) is 45.2 Å². The normalized spacial score (nSPS) is 15.3. The third kappa shape index (κ3) is 6.40. The minimum atomic E-state index is -1.00. The summed E-state index contributed by atoms with van der Waals surface area (Å²) in [5, 5.41) is 21.9. The average Bonchev–Trinajstić information content (AvgIpc) is 2.95. The second-order valence-corrected chi connectivity index (χ2v) is 7.43. The van der Waals surface area contributed by atoms with Crippen molar-refractivity contribution in [2.24, 2.45) is 10.9 Å². The van der Waals surface area contributed by atoms with Gasteiger partial charge in [0.15, 0.2) is 5.96 Å². The van der Waals surface area contributed by atoms with E-state index in [2.05, 4.69) is 40.6 Å². The predicted molar refractivity (Wildman–Crippen MR) is 111 cm³/mol. The van der Waals surface area contributed by atoms with Crippen LogP contribution in [0, 0.1) is 19.8 Å². The minimum Gasteiger partial charge on any atom is -0.384 e. The SMILES string of the molecule is CCNC(=NCC(C)(O)c1ccccc1)NCC(C)Cn1nc(C)cc1C. The van der Waals surface area contributed by atoms with E-state index in [1.165, 1.54) is 5.69 Å². The van der Waals surface area contributed by atoms with Crippen molar-refractivity contribution in [3.05, 3.63) is 53.3 Å². The van der Waals surface area contributed by atoms with Crippen LogP contribution in [0.1, 0.15) is 37.7 Å². The van der Waals surface area contributed by atoms with Crippen molar-refractivity contribution < 1.29 is 5.11 Å². The van der Waals surface area contributed by atoms with Crippen LogP contribution < -0.4 is 10.6 Å². The van der Waals surface area contributed by atoms with Crippen LogP contribution in [0.2, 0.25) is 0 Å². The van der Waals surface area contributed by atoms with Crippen molar-refractivity contribution >= 4 is 5.96 Å². The van der Waals surface area contributed by atoms with Crippen molar-refractivity contribution in [3.63, 3.8) is 0 Å². The number of nitrogens with zero attached hydrogens (tertiary/aromatic N) is 3. The standard InChI is InChI=1S/C21H33N5O/c1-6-22-20(24-15-21(5,27)19-10-8-7-9-11-19)23-13-16(2)14-26-18(4)12-17(3)25-26/h7-12,16,27H,6,13-15H2,1-5H3,(H2,22,23,24). The van der Waals surface area contributed by atoms with E-state index in [4.69, 9.17) is 0 Å². The number of nitrogens with one attached hydrogen (secondary N) is 2. The Labute approximate surface area is 162 Å². The molecule has 148 valence electrons.